The number of alkyl halides is 1. The molecule has 0 aliphatic heterocycles. The minimum Gasteiger partial charge on any atom is -0.326 e. The summed E-state index contributed by atoms with van der Waals surface area (Å²) in [5, 5.41) is 0. The summed E-state index contributed by atoms with van der Waals surface area (Å²) < 4.78 is 15.9. The summed E-state index contributed by atoms with van der Waals surface area (Å²) >= 11 is 7.58. The van der Waals surface area contributed by atoms with Crippen LogP contribution in [-0.2, 0) is 13.0 Å². The molecule has 0 aliphatic rings. The smallest absolute Gasteiger partial charge is 0.149 e. The van der Waals surface area contributed by atoms with Crippen molar-refractivity contribution in [3.8, 4) is 0 Å². The Labute approximate surface area is 116 Å². The molecule has 2 rings (SSSR count). The summed E-state index contributed by atoms with van der Waals surface area (Å²) in [6, 6.07) is 5.03. The van der Waals surface area contributed by atoms with Crippen LogP contribution in [0.15, 0.2) is 18.2 Å². The van der Waals surface area contributed by atoms with Gasteiger partial charge in [0, 0.05) is 18.8 Å². The van der Waals surface area contributed by atoms with E-state index in [0.717, 1.165) is 30.1 Å². The van der Waals surface area contributed by atoms with Crippen LogP contribution in [0.1, 0.15) is 12.2 Å². The highest BCUT2D eigenvalue weighted by Gasteiger charge is 2.13. The van der Waals surface area contributed by atoms with E-state index in [0.29, 0.717) is 17.8 Å². The number of nitrogens with zero attached hydrogens (tertiary/aromatic N) is 2. The van der Waals surface area contributed by atoms with Gasteiger partial charge in [-0.1, -0.05) is 6.07 Å². The first-order valence-electron chi connectivity index (χ1n) is 5.96. The minimum atomic E-state index is -0.204. The van der Waals surface area contributed by atoms with E-state index in [4.69, 9.17) is 11.6 Å². The molecule has 2 aromatic rings. The lowest BCUT2D eigenvalue weighted by Crippen LogP contribution is -2.06. The molecule has 0 N–H and O–H groups in total. The van der Waals surface area contributed by atoms with Crippen LogP contribution in [0.3, 0.4) is 0 Å². The predicted octanol–water partition coefficient (Wildman–Crippen LogP) is 3.71. The number of fused-ring (bicyclic) bond motifs is 1. The van der Waals surface area contributed by atoms with Gasteiger partial charge >= 0.3 is 0 Å². The van der Waals surface area contributed by atoms with E-state index in [1.54, 1.807) is 17.8 Å². The standard InChI is InChI=1S/C13H16ClFN2S/c1-18-9-3-8-17-12(6-7-14)16-11-5-2-4-10(15)13(11)17/h2,4-5H,3,6-9H2,1H3. The van der Waals surface area contributed by atoms with Crippen molar-refractivity contribution in [2.45, 2.75) is 19.4 Å². The Kier molecular flexibility index (Phi) is 4.89. The molecule has 18 heavy (non-hydrogen) atoms. The van der Waals surface area contributed by atoms with Crippen LogP contribution >= 0.6 is 23.4 Å². The van der Waals surface area contributed by atoms with Crippen LogP contribution in [0.4, 0.5) is 4.39 Å². The van der Waals surface area contributed by atoms with Crippen molar-refractivity contribution < 1.29 is 4.39 Å². The third kappa shape index (κ3) is 2.81. The van der Waals surface area contributed by atoms with Crippen LogP contribution < -0.4 is 0 Å². The van der Waals surface area contributed by atoms with Crippen molar-refractivity contribution in [2.75, 3.05) is 17.9 Å². The average Bonchev–Trinajstić information content (AvgIpc) is 2.70. The highest BCUT2D eigenvalue weighted by atomic mass is 35.5. The molecule has 1 aromatic heterocycles. The third-order valence-corrected chi connectivity index (χ3v) is 3.73. The number of imidazole rings is 1. The van der Waals surface area contributed by atoms with E-state index in [1.807, 2.05) is 10.6 Å². The Bertz CT molecular complexity index is 527. The molecule has 0 saturated heterocycles. The summed E-state index contributed by atoms with van der Waals surface area (Å²) in [7, 11) is 0. The number of halogens is 2. The maximum Gasteiger partial charge on any atom is 0.149 e. The van der Waals surface area contributed by atoms with Gasteiger partial charge in [-0.3, -0.25) is 0 Å². The fourth-order valence-electron chi connectivity index (χ4n) is 2.07. The first-order valence-corrected chi connectivity index (χ1v) is 7.89. The zero-order chi connectivity index (χ0) is 13.0. The lowest BCUT2D eigenvalue weighted by atomic mass is 10.3. The molecule has 1 aromatic carbocycles. The number of hydrogen-bond acceptors (Lipinski definition) is 2. The highest BCUT2D eigenvalue weighted by molar-refractivity contribution is 7.98. The maximum absolute atomic E-state index is 13.9. The second-order valence-corrected chi connectivity index (χ2v) is 5.44. The Hall–Kier alpha value is -0.740. The molecule has 0 spiro atoms. The topological polar surface area (TPSA) is 17.8 Å². The van der Waals surface area contributed by atoms with Gasteiger partial charge < -0.3 is 4.57 Å². The normalized spacial score (nSPS) is 11.3. The highest BCUT2D eigenvalue weighted by Crippen LogP contribution is 2.21. The molecule has 2 nitrogen and oxygen atoms in total. The van der Waals surface area contributed by atoms with Crippen LogP contribution in [0.5, 0.6) is 0 Å². The first kappa shape index (κ1) is 13.7. The molecular formula is C13H16ClFN2S. The summed E-state index contributed by atoms with van der Waals surface area (Å²) in [5.41, 5.74) is 1.33. The maximum atomic E-state index is 13.9. The van der Waals surface area contributed by atoms with Crippen LogP contribution in [0.2, 0.25) is 0 Å². The number of aryl methyl sites for hydroxylation is 2. The van der Waals surface area contributed by atoms with Gasteiger partial charge in [0.05, 0.1) is 5.52 Å². The molecule has 0 saturated carbocycles. The van der Waals surface area contributed by atoms with E-state index < -0.39 is 0 Å². The van der Waals surface area contributed by atoms with Gasteiger partial charge in [-0.05, 0) is 30.6 Å². The second kappa shape index (κ2) is 6.43. The lowest BCUT2D eigenvalue weighted by molar-refractivity contribution is 0.609. The molecular weight excluding hydrogens is 271 g/mol. The van der Waals surface area contributed by atoms with Crippen LogP contribution in [-0.4, -0.2) is 27.4 Å². The van der Waals surface area contributed by atoms with Crippen molar-refractivity contribution in [3.63, 3.8) is 0 Å². The van der Waals surface area contributed by atoms with E-state index in [9.17, 15) is 4.39 Å². The fraction of sp³-hybridized carbons (Fsp3) is 0.462. The van der Waals surface area contributed by atoms with Crippen molar-refractivity contribution in [1.82, 2.24) is 9.55 Å². The van der Waals surface area contributed by atoms with Gasteiger partial charge in [0.15, 0.2) is 0 Å². The molecule has 98 valence electrons. The Morgan fingerprint density at radius 2 is 2.28 bits per heavy atom. The number of thioether (sulfide) groups is 1. The largest absolute Gasteiger partial charge is 0.326 e. The molecule has 5 heteroatoms. The van der Waals surface area contributed by atoms with Gasteiger partial charge in [0.25, 0.3) is 0 Å². The van der Waals surface area contributed by atoms with E-state index in [2.05, 4.69) is 11.2 Å². The summed E-state index contributed by atoms with van der Waals surface area (Å²) in [6.45, 7) is 0.796. The van der Waals surface area contributed by atoms with E-state index in [-0.39, 0.29) is 5.82 Å². The molecule has 0 unspecified atom stereocenters. The number of para-hydroxylation sites is 1. The third-order valence-electron chi connectivity index (χ3n) is 2.84. The molecule has 0 aliphatic carbocycles. The van der Waals surface area contributed by atoms with Gasteiger partial charge in [-0.15, -0.1) is 11.6 Å². The number of rotatable bonds is 6. The van der Waals surface area contributed by atoms with Gasteiger partial charge in [0.1, 0.15) is 17.2 Å². The first-order chi connectivity index (χ1) is 8.77. The van der Waals surface area contributed by atoms with E-state index in [1.165, 1.54) is 6.07 Å². The van der Waals surface area contributed by atoms with Crippen molar-refractivity contribution in [1.29, 1.82) is 0 Å². The van der Waals surface area contributed by atoms with Crippen LogP contribution in [0, 0.1) is 5.82 Å². The second-order valence-electron chi connectivity index (χ2n) is 4.07. The van der Waals surface area contributed by atoms with Crippen molar-refractivity contribution in [2.24, 2.45) is 0 Å². The zero-order valence-corrected chi connectivity index (χ0v) is 11.9. The lowest BCUT2D eigenvalue weighted by Gasteiger charge is -2.08. The number of hydrogen-bond donors (Lipinski definition) is 0. The van der Waals surface area contributed by atoms with Gasteiger partial charge in [0.2, 0.25) is 0 Å². The minimum absolute atomic E-state index is 0.204. The SMILES string of the molecule is CSCCCn1c(CCCl)nc2cccc(F)c21. The molecule has 0 bridgehead atoms. The Balaban J connectivity index is 2.40. The summed E-state index contributed by atoms with van der Waals surface area (Å²) in [5.74, 6) is 2.25. The Morgan fingerprint density at radius 1 is 1.44 bits per heavy atom. The quantitative estimate of drug-likeness (QED) is 0.595. The number of aromatic nitrogens is 2. The molecule has 0 fully saturated rings. The molecule has 0 radical (unpaired) electrons. The monoisotopic (exact) mass is 286 g/mol. The average molecular weight is 287 g/mol. The van der Waals surface area contributed by atoms with E-state index >= 15 is 0 Å². The predicted molar refractivity (Wildman–Crippen MR) is 77.1 cm³/mol. The Morgan fingerprint density at radius 3 is 3.00 bits per heavy atom. The molecule has 0 atom stereocenters. The summed E-state index contributed by atoms with van der Waals surface area (Å²) in [4.78, 5) is 4.47. The van der Waals surface area contributed by atoms with Gasteiger partial charge in [-0.2, -0.15) is 11.8 Å². The van der Waals surface area contributed by atoms with Crippen molar-refractivity contribution in [3.05, 3.63) is 29.8 Å². The van der Waals surface area contributed by atoms with Crippen LogP contribution in [0.25, 0.3) is 11.0 Å². The molecule has 0 amide bonds. The summed E-state index contributed by atoms with van der Waals surface area (Å²) in [6.07, 6.45) is 3.76. The number of benzene rings is 1. The fourth-order valence-corrected chi connectivity index (χ4v) is 2.66. The van der Waals surface area contributed by atoms with Crippen molar-refractivity contribution >= 4 is 34.4 Å². The zero-order valence-electron chi connectivity index (χ0n) is 10.3. The molecule has 1 heterocycles. The van der Waals surface area contributed by atoms with Gasteiger partial charge in [-0.25, -0.2) is 9.37 Å².